The van der Waals surface area contributed by atoms with Crippen molar-refractivity contribution in [2.75, 3.05) is 26.9 Å². The molecule has 0 saturated carbocycles. The lowest BCUT2D eigenvalue weighted by Crippen LogP contribution is -2.25. The van der Waals surface area contributed by atoms with Crippen molar-refractivity contribution in [3.05, 3.63) is 0 Å². The summed E-state index contributed by atoms with van der Waals surface area (Å²) in [4.78, 5) is 10.7. The van der Waals surface area contributed by atoms with Gasteiger partial charge in [-0.05, 0) is 19.8 Å². The van der Waals surface area contributed by atoms with Crippen LogP contribution in [0.4, 0.5) is 4.79 Å². The molecular formula is C8H17NO3. The molecule has 12 heavy (non-hydrogen) atoms. The topological polar surface area (TPSA) is 47.6 Å². The first-order valence-electron chi connectivity index (χ1n) is 4.20. The average molecular weight is 175 g/mol. The minimum absolute atomic E-state index is 0.338. The molecule has 1 N–H and O–H groups in total. The Balaban J connectivity index is 3.03. The molecule has 4 nitrogen and oxygen atoms in total. The van der Waals surface area contributed by atoms with E-state index in [1.165, 1.54) is 0 Å². The number of alkyl carbamates (subject to hydrolysis) is 1. The van der Waals surface area contributed by atoms with Gasteiger partial charge in [0.1, 0.15) is 0 Å². The zero-order valence-electron chi connectivity index (χ0n) is 7.76. The summed E-state index contributed by atoms with van der Waals surface area (Å²) in [6.45, 7) is 3.60. The van der Waals surface area contributed by atoms with Gasteiger partial charge in [-0.1, -0.05) is 0 Å². The van der Waals surface area contributed by atoms with Gasteiger partial charge < -0.3 is 14.8 Å². The number of carbonyl (C=O) groups is 1. The van der Waals surface area contributed by atoms with Gasteiger partial charge in [-0.15, -0.1) is 0 Å². The molecule has 0 radical (unpaired) electrons. The fourth-order valence-electron chi connectivity index (χ4n) is 0.744. The van der Waals surface area contributed by atoms with E-state index in [4.69, 9.17) is 4.74 Å². The molecule has 0 aliphatic rings. The third-order valence-corrected chi connectivity index (χ3v) is 1.32. The molecule has 0 aliphatic heterocycles. The smallest absolute Gasteiger partial charge is 0.407 e. The Morgan fingerprint density at radius 2 is 2.17 bits per heavy atom. The fourth-order valence-corrected chi connectivity index (χ4v) is 0.744. The van der Waals surface area contributed by atoms with Gasteiger partial charge in [-0.2, -0.15) is 0 Å². The Bertz CT molecular complexity index is 117. The molecule has 0 bridgehead atoms. The van der Waals surface area contributed by atoms with Gasteiger partial charge >= 0.3 is 6.09 Å². The maximum Gasteiger partial charge on any atom is 0.407 e. The van der Waals surface area contributed by atoms with Crippen LogP contribution in [0.25, 0.3) is 0 Å². The van der Waals surface area contributed by atoms with Crippen LogP contribution in [0.3, 0.4) is 0 Å². The van der Waals surface area contributed by atoms with Gasteiger partial charge in [0.2, 0.25) is 0 Å². The van der Waals surface area contributed by atoms with Crippen molar-refractivity contribution in [3.63, 3.8) is 0 Å². The van der Waals surface area contributed by atoms with Crippen LogP contribution < -0.4 is 5.32 Å². The molecule has 0 atom stereocenters. The van der Waals surface area contributed by atoms with E-state index < -0.39 is 0 Å². The summed E-state index contributed by atoms with van der Waals surface area (Å²) in [6.07, 6.45) is 1.55. The molecule has 0 aromatic carbocycles. The number of nitrogens with one attached hydrogen (secondary N) is 1. The molecule has 0 fully saturated rings. The predicted molar refractivity (Wildman–Crippen MR) is 46.1 cm³/mol. The van der Waals surface area contributed by atoms with Crippen LogP contribution in [-0.4, -0.2) is 33.0 Å². The first kappa shape index (κ1) is 11.2. The van der Waals surface area contributed by atoms with Crippen LogP contribution in [0, 0.1) is 0 Å². The summed E-state index contributed by atoms with van der Waals surface area (Å²) in [5, 5.41) is 2.63. The molecule has 4 heteroatoms. The molecule has 0 aliphatic carbocycles. The number of amides is 1. The highest BCUT2D eigenvalue weighted by atomic mass is 16.5. The van der Waals surface area contributed by atoms with Crippen molar-refractivity contribution in [2.45, 2.75) is 19.8 Å². The van der Waals surface area contributed by atoms with Crippen LogP contribution in [0.1, 0.15) is 19.8 Å². The molecule has 0 aromatic heterocycles. The highest BCUT2D eigenvalue weighted by Gasteiger charge is 1.97. The molecule has 0 heterocycles. The summed E-state index contributed by atoms with van der Waals surface area (Å²) >= 11 is 0. The summed E-state index contributed by atoms with van der Waals surface area (Å²) < 4.78 is 9.52. The monoisotopic (exact) mass is 175 g/mol. The highest BCUT2D eigenvalue weighted by molar-refractivity contribution is 5.66. The first-order chi connectivity index (χ1) is 5.81. The van der Waals surface area contributed by atoms with Gasteiger partial charge in [0.15, 0.2) is 0 Å². The average Bonchev–Trinajstić information content (AvgIpc) is 2.05. The van der Waals surface area contributed by atoms with E-state index >= 15 is 0 Å². The van der Waals surface area contributed by atoms with E-state index in [2.05, 4.69) is 10.1 Å². The second-order valence-corrected chi connectivity index (χ2v) is 2.35. The molecule has 1 amide bonds. The Hall–Kier alpha value is -0.770. The van der Waals surface area contributed by atoms with Crippen molar-refractivity contribution in [1.29, 1.82) is 0 Å². The minimum Gasteiger partial charge on any atom is -0.450 e. The van der Waals surface area contributed by atoms with Gasteiger partial charge in [0, 0.05) is 20.3 Å². The Morgan fingerprint density at radius 3 is 2.75 bits per heavy atom. The standard InChI is InChI=1S/C8H17NO3/c1-3-12-8(10)9-6-4-5-7-11-2/h3-7H2,1-2H3,(H,9,10). The van der Waals surface area contributed by atoms with Crippen LogP contribution in [0.5, 0.6) is 0 Å². The lowest BCUT2D eigenvalue weighted by atomic mass is 10.3. The van der Waals surface area contributed by atoms with Crippen LogP contribution in [-0.2, 0) is 9.47 Å². The summed E-state index contributed by atoms with van der Waals surface area (Å²) in [5.74, 6) is 0. The van der Waals surface area contributed by atoms with E-state index in [1.54, 1.807) is 14.0 Å². The van der Waals surface area contributed by atoms with Crippen molar-refractivity contribution in [1.82, 2.24) is 5.32 Å². The largest absolute Gasteiger partial charge is 0.450 e. The third-order valence-electron chi connectivity index (χ3n) is 1.32. The van der Waals surface area contributed by atoms with Gasteiger partial charge in [0.05, 0.1) is 6.61 Å². The van der Waals surface area contributed by atoms with Crippen molar-refractivity contribution in [3.8, 4) is 0 Å². The second kappa shape index (κ2) is 8.33. The molecule has 72 valence electrons. The molecule has 0 aromatic rings. The number of hydrogen-bond acceptors (Lipinski definition) is 3. The predicted octanol–water partition coefficient (Wildman–Crippen LogP) is 1.16. The van der Waals surface area contributed by atoms with E-state index in [0.717, 1.165) is 19.4 Å². The van der Waals surface area contributed by atoms with Crippen LogP contribution in [0.2, 0.25) is 0 Å². The minimum atomic E-state index is -0.338. The molecule has 0 unspecified atom stereocenters. The van der Waals surface area contributed by atoms with Crippen molar-refractivity contribution >= 4 is 6.09 Å². The highest BCUT2D eigenvalue weighted by Crippen LogP contribution is 1.87. The Labute approximate surface area is 73.2 Å². The first-order valence-corrected chi connectivity index (χ1v) is 4.20. The van der Waals surface area contributed by atoms with E-state index in [0.29, 0.717) is 13.2 Å². The van der Waals surface area contributed by atoms with Gasteiger partial charge in [-0.3, -0.25) is 0 Å². The Kier molecular flexibility index (Phi) is 7.79. The number of hydrogen-bond donors (Lipinski definition) is 1. The van der Waals surface area contributed by atoms with Crippen LogP contribution in [0.15, 0.2) is 0 Å². The van der Waals surface area contributed by atoms with Crippen molar-refractivity contribution < 1.29 is 14.3 Å². The number of unbranched alkanes of at least 4 members (excludes halogenated alkanes) is 1. The van der Waals surface area contributed by atoms with Gasteiger partial charge in [-0.25, -0.2) is 4.79 Å². The van der Waals surface area contributed by atoms with E-state index in [-0.39, 0.29) is 6.09 Å². The van der Waals surface area contributed by atoms with E-state index in [1.807, 2.05) is 0 Å². The Morgan fingerprint density at radius 1 is 1.42 bits per heavy atom. The maximum absolute atomic E-state index is 10.7. The number of rotatable bonds is 6. The molecule has 0 spiro atoms. The SMILES string of the molecule is CCOC(=O)NCCCCOC. The number of methoxy groups -OCH3 is 1. The number of ether oxygens (including phenoxy) is 2. The van der Waals surface area contributed by atoms with Crippen LogP contribution >= 0.6 is 0 Å². The zero-order valence-corrected chi connectivity index (χ0v) is 7.76. The third kappa shape index (κ3) is 7.34. The number of carbonyl (C=O) groups excluding carboxylic acids is 1. The molecular weight excluding hydrogens is 158 g/mol. The lowest BCUT2D eigenvalue weighted by Gasteiger charge is -2.03. The molecule has 0 rings (SSSR count). The quantitative estimate of drug-likeness (QED) is 0.616. The maximum atomic E-state index is 10.7. The summed E-state index contributed by atoms with van der Waals surface area (Å²) in [5.41, 5.74) is 0. The summed E-state index contributed by atoms with van der Waals surface area (Å²) in [6, 6.07) is 0. The van der Waals surface area contributed by atoms with Gasteiger partial charge in [0.25, 0.3) is 0 Å². The fraction of sp³-hybridized carbons (Fsp3) is 0.875. The second-order valence-electron chi connectivity index (χ2n) is 2.35. The summed E-state index contributed by atoms with van der Waals surface area (Å²) in [7, 11) is 1.67. The van der Waals surface area contributed by atoms with E-state index in [9.17, 15) is 4.79 Å². The van der Waals surface area contributed by atoms with Crippen molar-refractivity contribution in [2.24, 2.45) is 0 Å². The zero-order chi connectivity index (χ0) is 9.23. The molecule has 0 saturated heterocycles. The lowest BCUT2D eigenvalue weighted by molar-refractivity contribution is 0.151. The normalized spacial score (nSPS) is 9.50.